The fraction of sp³-hybridized carbons (Fsp3) is 0.533. The Morgan fingerprint density at radius 2 is 2.00 bits per heavy atom. The highest BCUT2D eigenvalue weighted by atomic mass is 19.4. The van der Waals surface area contributed by atoms with E-state index >= 15 is 0 Å². The summed E-state index contributed by atoms with van der Waals surface area (Å²) in [6.07, 6.45) is -8.26. The van der Waals surface area contributed by atoms with Gasteiger partial charge in [-0.05, 0) is 12.6 Å². The average molecular weight is 331 g/mol. The lowest BCUT2D eigenvalue weighted by Crippen LogP contribution is -2.52. The molecule has 2 atom stereocenters. The van der Waals surface area contributed by atoms with E-state index in [4.69, 9.17) is 5.73 Å². The van der Waals surface area contributed by atoms with Gasteiger partial charge in [-0.25, -0.2) is 4.79 Å². The molecular formula is C15H20F3N3O2. The van der Waals surface area contributed by atoms with E-state index in [0.717, 1.165) is 5.56 Å². The summed E-state index contributed by atoms with van der Waals surface area (Å²) >= 11 is 0. The Labute approximate surface area is 132 Å². The number of hydrogen-bond donors (Lipinski definition) is 1. The van der Waals surface area contributed by atoms with Crippen LogP contribution in [0.15, 0.2) is 30.3 Å². The number of amides is 1. The number of nitrogens with zero attached hydrogens (tertiary/aromatic N) is 2. The molecule has 0 spiro atoms. The molecule has 2 N–H and O–H groups in total. The number of halogens is 3. The van der Waals surface area contributed by atoms with Crippen LogP contribution in [-0.2, 0) is 4.74 Å². The summed E-state index contributed by atoms with van der Waals surface area (Å²) < 4.78 is 43.1. The molecule has 1 unspecified atom stereocenters. The molecule has 1 aliphatic rings. The van der Waals surface area contributed by atoms with Gasteiger partial charge in [-0.2, -0.15) is 13.2 Å². The van der Waals surface area contributed by atoms with Gasteiger partial charge < -0.3 is 10.5 Å². The van der Waals surface area contributed by atoms with E-state index in [2.05, 4.69) is 9.64 Å². The average Bonchev–Trinajstić information content (AvgIpc) is 2.48. The van der Waals surface area contributed by atoms with Crippen LogP contribution in [0.25, 0.3) is 0 Å². The third-order valence-corrected chi connectivity index (χ3v) is 3.96. The maximum Gasteiger partial charge on any atom is 0.426 e. The third-order valence-electron chi connectivity index (χ3n) is 3.96. The maximum atomic E-state index is 13.0. The molecule has 1 aliphatic heterocycles. The summed E-state index contributed by atoms with van der Waals surface area (Å²) in [4.78, 5) is 14.5. The number of benzene rings is 1. The van der Waals surface area contributed by atoms with Crippen LogP contribution in [0.5, 0.6) is 0 Å². The number of hydrogen-bond acceptors (Lipinski definition) is 4. The van der Waals surface area contributed by atoms with E-state index in [1.807, 2.05) is 37.4 Å². The minimum absolute atomic E-state index is 0.00703. The quantitative estimate of drug-likeness (QED) is 0.917. The number of piperazine rings is 1. The third kappa shape index (κ3) is 4.84. The van der Waals surface area contributed by atoms with Gasteiger partial charge in [0.15, 0.2) is 0 Å². The highest BCUT2D eigenvalue weighted by molar-refractivity contribution is 5.64. The van der Waals surface area contributed by atoms with E-state index in [0.29, 0.717) is 19.6 Å². The van der Waals surface area contributed by atoms with Crippen molar-refractivity contribution >= 4 is 6.09 Å². The Kier molecular flexibility index (Phi) is 5.48. The smallest absolute Gasteiger partial charge is 0.426 e. The van der Waals surface area contributed by atoms with Gasteiger partial charge in [0.2, 0.25) is 6.10 Å². The topological polar surface area (TPSA) is 58.8 Å². The first-order valence-electron chi connectivity index (χ1n) is 7.27. The van der Waals surface area contributed by atoms with E-state index in [1.54, 1.807) is 4.90 Å². The van der Waals surface area contributed by atoms with Gasteiger partial charge in [0.25, 0.3) is 0 Å². The highest BCUT2D eigenvalue weighted by Gasteiger charge is 2.44. The number of carbonyl (C=O) groups is 1. The Balaban J connectivity index is 2.06. The van der Waals surface area contributed by atoms with Gasteiger partial charge in [0.1, 0.15) is 0 Å². The summed E-state index contributed by atoms with van der Waals surface area (Å²) in [6, 6.07) is 9.59. The fourth-order valence-corrected chi connectivity index (χ4v) is 2.71. The summed E-state index contributed by atoms with van der Waals surface area (Å²) in [5.74, 6) is 0. The number of carbonyl (C=O) groups excluding carboxylic acids is 1. The molecule has 0 radical (unpaired) electrons. The highest BCUT2D eigenvalue weighted by Crippen LogP contribution is 2.27. The van der Waals surface area contributed by atoms with Crippen LogP contribution in [-0.4, -0.2) is 61.4 Å². The normalized spacial score (nSPS) is 21.8. The van der Waals surface area contributed by atoms with Gasteiger partial charge in [-0.3, -0.25) is 9.80 Å². The predicted octanol–water partition coefficient (Wildman–Crippen LogP) is 2.00. The van der Waals surface area contributed by atoms with Crippen molar-refractivity contribution in [2.75, 3.05) is 33.2 Å². The molecule has 0 saturated carbocycles. The van der Waals surface area contributed by atoms with Crippen molar-refractivity contribution in [2.45, 2.75) is 18.3 Å². The van der Waals surface area contributed by atoms with Gasteiger partial charge in [0.05, 0.1) is 0 Å². The van der Waals surface area contributed by atoms with Crippen molar-refractivity contribution < 1.29 is 22.7 Å². The monoisotopic (exact) mass is 331 g/mol. The number of likely N-dealkylation sites (N-methyl/N-ethyl adjacent to an activating group) is 1. The lowest BCUT2D eigenvalue weighted by molar-refractivity contribution is -0.208. The van der Waals surface area contributed by atoms with Crippen LogP contribution >= 0.6 is 0 Å². The molecule has 23 heavy (non-hydrogen) atoms. The molecule has 8 heteroatoms. The van der Waals surface area contributed by atoms with Crippen molar-refractivity contribution in [3.05, 3.63) is 35.9 Å². The molecule has 1 amide bonds. The van der Waals surface area contributed by atoms with Crippen molar-refractivity contribution in [2.24, 2.45) is 5.73 Å². The van der Waals surface area contributed by atoms with Crippen LogP contribution in [0.3, 0.4) is 0 Å². The second-order valence-electron chi connectivity index (χ2n) is 5.63. The Hall–Kier alpha value is -1.80. The fourth-order valence-electron chi connectivity index (χ4n) is 2.71. The van der Waals surface area contributed by atoms with Crippen molar-refractivity contribution in [3.8, 4) is 0 Å². The largest absolute Gasteiger partial charge is 0.435 e. The van der Waals surface area contributed by atoms with Gasteiger partial charge >= 0.3 is 12.3 Å². The standard InChI is InChI=1S/C15H20F3N3O2/c1-20-7-8-21(9-12(20)11-5-3-2-4-6-11)10-13(15(16,17)18)23-14(19)22/h2-6,12-13H,7-10H2,1H3,(H2,19,22)/t12?,13-/m0/s1. The first kappa shape index (κ1) is 17.6. The number of primary amides is 1. The SMILES string of the molecule is CN1CCN(C[C@H](OC(N)=O)C(F)(F)F)CC1c1ccccc1. The lowest BCUT2D eigenvalue weighted by atomic mass is 10.0. The first-order chi connectivity index (χ1) is 10.8. The predicted molar refractivity (Wildman–Crippen MR) is 78.8 cm³/mol. The second kappa shape index (κ2) is 7.18. The minimum atomic E-state index is -4.64. The number of ether oxygens (including phenoxy) is 1. The molecule has 0 aliphatic carbocycles. The van der Waals surface area contributed by atoms with E-state index in [9.17, 15) is 18.0 Å². The zero-order valence-corrected chi connectivity index (χ0v) is 12.8. The molecule has 5 nitrogen and oxygen atoms in total. The molecule has 0 bridgehead atoms. The molecule has 1 aromatic rings. The van der Waals surface area contributed by atoms with Crippen LogP contribution in [0.4, 0.5) is 18.0 Å². The number of alkyl halides is 3. The zero-order chi connectivity index (χ0) is 17.0. The molecular weight excluding hydrogens is 311 g/mol. The van der Waals surface area contributed by atoms with Gasteiger partial charge in [0, 0.05) is 32.2 Å². The molecule has 2 rings (SSSR count). The Morgan fingerprint density at radius 1 is 1.35 bits per heavy atom. The number of nitrogens with two attached hydrogens (primary N) is 1. The maximum absolute atomic E-state index is 13.0. The van der Waals surface area contributed by atoms with Crippen LogP contribution in [0.2, 0.25) is 0 Å². The van der Waals surface area contributed by atoms with E-state index in [-0.39, 0.29) is 6.04 Å². The molecule has 128 valence electrons. The van der Waals surface area contributed by atoms with Crippen molar-refractivity contribution in [3.63, 3.8) is 0 Å². The molecule has 1 saturated heterocycles. The van der Waals surface area contributed by atoms with Crippen LogP contribution < -0.4 is 5.73 Å². The minimum Gasteiger partial charge on any atom is -0.435 e. The zero-order valence-electron chi connectivity index (χ0n) is 12.8. The summed E-state index contributed by atoms with van der Waals surface area (Å²) in [7, 11) is 1.94. The summed E-state index contributed by atoms with van der Waals surface area (Å²) in [6.45, 7) is 1.11. The molecule has 0 aromatic heterocycles. The van der Waals surface area contributed by atoms with E-state index < -0.39 is 24.9 Å². The number of rotatable bonds is 4. The van der Waals surface area contributed by atoms with E-state index in [1.165, 1.54) is 0 Å². The van der Waals surface area contributed by atoms with Crippen molar-refractivity contribution in [1.82, 2.24) is 9.80 Å². The van der Waals surface area contributed by atoms with Gasteiger partial charge in [-0.15, -0.1) is 0 Å². The van der Waals surface area contributed by atoms with Crippen LogP contribution in [0.1, 0.15) is 11.6 Å². The molecule has 1 heterocycles. The first-order valence-corrected chi connectivity index (χ1v) is 7.27. The van der Waals surface area contributed by atoms with Crippen LogP contribution in [0, 0.1) is 0 Å². The lowest BCUT2D eigenvalue weighted by Gasteiger charge is -2.40. The Bertz CT molecular complexity index is 524. The summed E-state index contributed by atoms with van der Waals surface area (Å²) in [5, 5.41) is 0. The molecule has 1 fully saturated rings. The second-order valence-corrected chi connectivity index (χ2v) is 5.63. The summed E-state index contributed by atoms with van der Waals surface area (Å²) in [5.41, 5.74) is 5.79. The van der Waals surface area contributed by atoms with Crippen molar-refractivity contribution in [1.29, 1.82) is 0 Å². The van der Waals surface area contributed by atoms with Gasteiger partial charge in [-0.1, -0.05) is 30.3 Å². The Morgan fingerprint density at radius 3 is 2.57 bits per heavy atom. The molecule has 1 aromatic carbocycles.